The Kier molecular flexibility index (Phi) is 7.37. The highest BCUT2D eigenvalue weighted by Crippen LogP contribution is 2.29. The van der Waals surface area contributed by atoms with E-state index in [-0.39, 0.29) is 24.0 Å². The second-order valence-electron chi connectivity index (χ2n) is 9.01. The van der Waals surface area contributed by atoms with Crippen molar-refractivity contribution in [3.63, 3.8) is 0 Å². The molecule has 0 spiro atoms. The van der Waals surface area contributed by atoms with Gasteiger partial charge in [0.1, 0.15) is 11.4 Å². The lowest BCUT2D eigenvalue weighted by Crippen LogP contribution is -2.48. The number of aromatic nitrogens is 2. The first-order valence-corrected chi connectivity index (χ1v) is 12.3. The van der Waals surface area contributed by atoms with Crippen molar-refractivity contribution in [3.8, 4) is 0 Å². The first-order valence-electron chi connectivity index (χ1n) is 12.3. The summed E-state index contributed by atoms with van der Waals surface area (Å²) >= 11 is 0. The third kappa shape index (κ3) is 5.76. The van der Waals surface area contributed by atoms with Crippen LogP contribution in [0.1, 0.15) is 33.1 Å². The molecule has 1 aliphatic rings. The molecule has 0 aliphatic carbocycles. The van der Waals surface area contributed by atoms with Crippen molar-refractivity contribution < 1.29 is 9.18 Å². The fourth-order valence-corrected chi connectivity index (χ4v) is 4.66. The van der Waals surface area contributed by atoms with Crippen molar-refractivity contribution in [2.45, 2.75) is 12.6 Å². The van der Waals surface area contributed by atoms with Crippen LogP contribution in [0.2, 0.25) is 0 Å². The Labute approximate surface area is 214 Å². The van der Waals surface area contributed by atoms with Crippen LogP contribution in [0.5, 0.6) is 0 Å². The van der Waals surface area contributed by atoms with Gasteiger partial charge in [-0.1, -0.05) is 72.8 Å². The van der Waals surface area contributed by atoms with Gasteiger partial charge in [-0.2, -0.15) is 0 Å². The van der Waals surface area contributed by atoms with Crippen molar-refractivity contribution in [1.82, 2.24) is 20.2 Å². The quantitative estimate of drug-likeness (QED) is 0.407. The molecule has 4 aromatic rings. The van der Waals surface area contributed by atoms with Crippen LogP contribution < -0.4 is 15.8 Å². The van der Waals surface area contributed by atoms with Crippen LogP contribution in [0.3, 0.4) is 0 Å². The maximum absolute atomic E-state index is 13.1. The molecule has 37 heavy (non-hydrogen) atoms. The summed E-state index contributed by atoms with van der Waals surface area (Å²) in [6.45, 7) is 3.15. The zero-order chi connectivity index (χ0) is 25.6. The van der Waals surface area contributed by atoms with E-state index in [9.17, 15) is 14.0 Å². The maximum atomic E-state index is 13.1. The van der Waals surface area contributed by atoms with Crippen LogP contribution in [0, 0.1) is 5.82 Å². The Hall–Kier alpha value is -4.30. The van der Waals surface area contributed by atoms with Crippen LogP contribution in [-0.4, -0.2) is 47.0 Å². The van der Waals surface area contributed by atoms with Crippen LogP contribution in [0.4, 0.5) is 10.3 Å². The Morgan fingerprint density at radius 3 is 2.05 bits per heavy atom. The second-order valence-corrected chi connectivity index (χ2v) is 9.01. The van der Waals surface area contributed by atoms with E-state index in [1.54, 1.807) is 12.1 Å². The lowest BCUT2D eigenvalue weighted by atomic mass is 9.96. The third-order valence-corrected chi connectivity index (χ3v) is 6.61. The number of aromatic amines is 1. The number of rotatable bonds is 7. The molecule has 0 bridgehead atoms. The second kappa shape index (κ2) is 11.2. The molecule has 0 radical (unpaired) electrons. The van der Waals surface area contributed by atoms with Gasteiger partial charge < -0.3 is 10.2 Å². The summed E-state index contributed by atoms with van der Waals surface area (Å²) in [5, 5.41) is 2.68. The lowest BCUT2D eigenvalue weighted by Gasteiger charge is -2.40. The van der Waals surface area contributed by atoms with Gasteiger partial charge in [-0.25, -0.2) is 9.37 Å². The Morgan fingerprint density at radius 1 is 0.892 bits per heavy atom. The molecule has 1 amide bonds. The highest BCUT2D eigenvalue weighted by atomic mass is 19.1. The number of benzene rings is 3. The SMILES string of the molecule is O=C(NCc1ccc(F)cc1)c1cnc(N2CCN(C(c3ccccc3)c3ccccc3)CC2)[nH]c1=O. The van der Waals surface area contributed by atoms with Gasteiger partial charge in [0.25, 0.3) is 11.5 Å². The standard InChI is InChI=1S/C29H28FN5O2/c30-24-13-11-21(12-14-24)19-31-27(36)25-20-32-29(33-28(25)37)35-17-15-34(16-18-35)26(22-7-3-1-4-8-22)23-9-5-2-6-10-23/h1-14,20,26H,15-19H2,(H,31,36)(H,32,33,37). The summed E-state index contributed by atoms with van der Waals surface area (Å²) in [6.07, 6.45) is 1.32. The van der Waals surface area contributed by atoms with E-state index < -0.39 is 11.5 Å². The summed E-state index contributed by atoms with van der Waals surface area (Å²) in [4.78, 5) is 36.8. The van der Waals surface area contributed by atoms with Crippen LogP contribution in [0.15, 0.2) is 95.9 Å². The summed E-state index contributed by atoms with van der Waals surface area (Å²) in [7, 11) is 0. The molecular weight excluding hydrogens is 469 g/mol. The van der Waals surface area contributed by atoms with Gasteiger partial charge in [0.2, 0.25) is 5.95 Å². The van der Waals surface area contributed by atoms with Gasteiger partial charge in [0, 0.05) is 38.9 Å². The largest absolute Gasteiger partial charge is 0.348 e. The first kappa shape index (κ1) is 24.4. The number of anilines is 1. The van der Waals surface area contributed by atoms with E-state index in [0.29, 0.717) is 19.0 Å². The Morgan fingerprint density at radius 2 is 1.49 bits per heavy atom. The van der Waals surface area contributed by atoms with Crippen LogP contribution in [0.25, 0.3) is 0 Å². The van der Waals surface area contributed by atoms with Gasteiger partial charge in [0.15, 0.2) is 0 Å². The molecular formula is C29H28FN5O2. The number of amides is 1. The summed E-state index contributed by atoms with van der Waals surface area (Å²) in [6, 6.07) is 26.9. The molecule has 2 N–H and O–H groups in total. The summed E-state index contributed by atoms with van der Waals surface area (Å²) < 4.78 is 13.1. The van der Waals surface area contributed by atoms with E-state index in [1.807, 2.05) is 17.0 Å². The van der Waals surface area contributed by atoms with Gasteiger partial charge in [-0.3, -0.25) is 19.5 Å². The van der Waals surface area contributed by atoms with Crippen molar-refractivity contribution in [2.75, 3.05) is 31.1 Å². The smallest absolute Gasteiger partial charge is 0.265 e. The van der Waals surface area contributed by atoms with Gasteiger partial charge in [-0.05, 0) is 28.8 Å². The minimum absolute atomic E-state index is 0.0577. The molecule has 1 fully saturated rings. The summed E-state index contributed by atoms with van der Waals surface area (Å²) in [5.74, 6) is -0.415. The predicted octanol–water partition coefficient (Wildman–Crippen LogP) is 3.75. The molecule has 0 saturated carbocycles. The zero-order valence-electron chi connectivity index (χ0n) is 20.3. The molecule has 1 saturated heterocycles. The number of hydrogen-bond acceptors (Lipinski definition) is 5. The minimum Gasteiger partial charge on any atom is -0.348 e. The Bertz CT molecular complexity index is 1350. The zero-order valence-corrected chi connectivity index (χ0v) is 20.3. The van der Waals surface area contributed by atoms with E-state index in [1.165, 1.54) is 29.5 Å². The van der Waals surface area contributed by atoms with Crippen molar-refractivity contribution in [2.24, 2.45) is 0 Å². The predicted molar refractivity (Wildman–Crippen MR) is 141 cm³/mol. The van der Waals surface area contributed by atoms with Crippen molar-refractivity contribution in [3.05, 3.63) is 130 Å². The third-order valence-electron chi connectivity index (χ3n) is 6.61. The number of H-pyrrole nitrogens is 1. The topological polar surface area (TPSA) is 81.3 Å². The number of carbonyl (C=O) groups excluding carboxylic acids is 1. The van der Waals surface area contributed by atoms with Crippen LogP contribution >= 0.6 is 0 Å². The first-order chi connectivity index (χ1) is 18.1. The van der Waals surface area contributed by atoms with Crippen molar-refractivity contribution >= 4 is 11.9 Å². The number of nitrogens with one attached hydrogen (secondary N) is 2. The fourth-order valence-electron chi connectivity index (χ4n) is 4.66. The highest BCUT2D eigenvalue weighted by Gasteiger charge is 2.27. The molecule has 0 atom stereocenters. The number of halogens is 1. The number of hydrogen-bond donors (Lipinski definition) is 2. The molecule has 3 aromatic carbocycles. The van der Waals surface area contributed by atoms with Gasteiger partial charge >= 0.3 is 0 Å². The van der Waals surface area contributed by atoms with E-state index in [4.69, 9.17) is 0 Å². The molecule has 5 rings (SSSR count). The highest BCUT2D eigenvalue weighted by molar-refractivity contribution is 5.93. The molecule has 1 aliphatic heterocycles. The maximum Gasteiger partial charge on any atom is 0.265 e. The average molecular weight is 498 g/mol. The van der Waals surface area contributed by atoms with E-state index in [0.717, 1.165) is 18.7 Å². The lowest BCUT2D eigenvalue weighted by molar-refractivity contribution is 0.0949. The van der Waals surface area contributed by atoms with Gasteiger partial charge in [-0.15, -0.1) is 0 Å². The molecule has 1 aromatic heterocycles. The molecule has 0 unspecified atom stereocenters. The monoisotopic (exact) mass is 497 g/mol. The summed E-state index contributed by atoms with van der Waals surface area (Å²) in [5.41, 5.74) is 2.67. The average Bonchev–Trinajstić information content (AvgIpc) is 2.94. The number of nitrogens with zero attached hydrogens (tertiary/aromatic N) is 3. The number of carbonyl (C=O) groups is 1. The van der Waals surface area contributed by atoms with E-state index >= 15 is 0 Å². The minimum atomic E-state index is -0.525. The molecule has 8 heteroatoms. The molecule has 188 valence electrons. The van der Waals surface area contributed by atoms with Crippen molar-refractivity contribution in [1.29, 1.82) is 0 Å². The number of piperazine rings is 1. The van der Waals surface area contributed by atoms with Gasteiger partial charge in [0.05, 0.1) is 6.04 Å². The Balaban J connectivity index is 1.24. The molecule has 7 nitrogen and oxygen atoms in total. The normalized spacial score (nSPS) is 14.1. The fraction of sp³-hybridized carbons (Fsp3) is 0.207. The van der Waals surface area contributed by atoms with Crippen LogP contribution in [-0.2, 0) is 6.54 Å². The van der Waals surface area contributed by atoms with E-state index in [2.05, 4.69) is 68.7 Å². The molecule has 2 heterocycles.